The molecule has 76 valence electrons. The summed E-state index contributed by atoms with van der Waals surface area (Å²) in [6.45, 7) is 0.780. The molecule has 2 heterocycles. The van der Waals surface area contributed by atoms with Gasteiger partial charge in [0.05, 0.1) is 12.5 Å². The largest absolute Gasteiger partial charge is 0.480 e. The van der Waals surface area contributed by atoms with Gasteiger partial charge >= 0.3 is 5.97 Å². The van der Waals surface area contributed by atoms with Crippen molar-refractivity contribution < 1.29 is 14.3 Å². The van der Waals surface area contributed by atoms with E-state index in [1.807, 2.05) is 6.07 Å². The van der Waals surface area contributed by atoms with Crippen molar-refractivity contribution in [2.24, 2.45) is 5.92 Å². The number of aliphatic carboxylic acids is 1. The van der Waals surface area contributed by atoms with Crippen molar-refractivity contribution in [1.82, 2.24) is 5.32 Å². The van der Waals surface area contributed by atoms with Crippen molar-refractivity contribution in [2.45, 2.75) is 18.9 Å². The van der Waals surface area contributed by atoms with Gasteiger partial charge in [-0.1, -0.05) is 0 Å². The van der Waals surface area contributed by atoms with E-state index in [4.69, 9.17) is 9.52 Å². The van der Waals surface area contributed by atoms with Crippen LogP contribution in [-0.4, -0.2) is 23.7 Å². The maximum absolute atomic E-state index is 10.7. The number of nitrogens with one attached hydrogen (secondary N) is 1. The predicted molar refractivity (Wildman–Crippen MR) is 49.9 cm³/mol. The second kappa shape index (κ2) is 3.84. The molecule has 0 aromatic carbocycles. The summed E-state index contributed by atoms with van der Waals surface area (Å²) in [6.07, 6.45) is 4.97. The molecule has 1 aromatic heterocycles. The highest BCUT2D eigenvalue weighted by molar-refractivity contribution is 5.73. The maximum atomic E-state index is 10.7. The molecule has 14 heavy (non-hydrogen) atoms. The van der Waals surface area contributed by atoms with Crippen molar-refractivity contribution >= 4 is 5.97 Å². The Bertz CT molecular complexity index is 307. The molecule has 1 aliphatic heterocycles. The minimum atomic E-state index is -0.750. The predicted octanol–water partition coefficient (Wildman–Crippen LogP) is 0.885. The second-order valence-electron chi connectivity index (χ2n) is 3.74. The Morgan fingerprint density at radius 1 is 1.71 bits per heavy atom. The Hall–Kier alpha value is -1.29. The minimum absolute atomic E-state index is 0.369. The van der Waals surface area contributed by atoms with Crippen molar-refractivity contribution in [3.05, 3.63) is 24.2 Å². The second-order valence-corrected chi connectivity index (χ2v) is 3.74. The zero-order valence-electron chi connectivity index (χ0n) is 7.77. The average molecular weight is 195 g/mol. The van der Waals surface area contributed by atoms with Gasteiger partial charge in [0.25, 0.3) is 0 Å². The van der Waals surface area contributed by atoms with Gasteiger partial charge in [0.15, 0.2) is 0 Å². The molecule has 4 heteroatoms. The van der Waals surface area contributed by atoms with Gasteiger partial charge in [-0.15, -0.1) is 0 Å². The molecule has 1 saturated heterocycles. The summed E-state index contributed by atoms with van der Waals surface area (Å²) in [5, 5.41) is 11.8. The number of carboxylic acid groups (broad SMARTS) is 1. The third-order valence-electron chi connectivity index (χ3n) is 2.62. The quantitative estimate of drug-likeness (QED) is 0.751. The average Bonchev–Trinajstić information content (AvgIpc) is 2.75. The third kappa shape index (κ3) is 1.96. The summed E-state index contributed by atoms with van der Waals surface area (Å²) in [6, 6.07) is 1.56. The molecule has 0 unspecified atom stereocenters. The standard InChI is InChI=1S/C10H13NO3/c12-10(13)9-4-8(5-11-9)3-7-1-2-14-6-7/h1-2,6,8-9,11H,3-5H2,(H,12,13)/t8-,9-/m0/s1. The summed E-state index contributed by atoms with van der Waals surface area (Å²) >= 11 is 0. The van der Waals surface area contributed by atoms with E-state index in [1.165, 1.54) is 0 Å². The lowest BCUT2D eigenvalue weighted by molar-refractivity contribution is -0.139. The molecule has 0 radical (unpaired) electrons. The van der Waals surface area contributed by atoms with Crippen molar-refractivity contribution in [2.75, 3.05) is 6.54 Å². The maximum Gasteiger partial charge on any atom is 0.320 e. The minimum Gasteiger partial charge on any atom is -0.480 e. The first-order chi connectivity index (χ1) is 6.75. The summed E-state index contributed by atoms with van der Waals surface area (Å²) in [5.41, 5.74) is 1.14. The van der Waals surface area contributed by atoms with Crippen molar-refractivity contribution in [1.29, 1.82) is 0 Å². The molecule has 1 fully saturated rings. The van der Waals surface area contributed by atoms with Crippen LogP contribution in [0.2, 0.25) is 0 Å². The highest BCUT2D eigenvalue weighted by Gasteiger charge is 2.28. The van der Waals surface area contributed by atoms with Crippen LogP contribution >= 0.6 is 0 Å². The topological polar surface area (TPSA) is 62.5 Å². The monoisotopic (exact) mass is 195 g/mol. The summed E-state index contributed by atoms with van der Waals surface area (Å²) < 4.78 is 4.96. The molecule has 0 amide bonds. The van der Waals surface area contributed by atoms with Gasteiger partial charge in [-0.2, -0.15) is 0 Å². The number of hydrogen-bond donors (Lipinski definition) is 2. The smallest absolute Gasteiger partial charge is 0.320 e. The fourth-order valence-corrected chi connectivity index (χ4v) is 1.89. The number of rotatable bonds is 3. The third-order valence-corrected chi connectivity index (χ3v) is 2.62. The van der Waals surface area contributed by atoms with E-state index < -0.39 is 5.97 Å². The fraction of sp³-hybridized carbons (Fsp3) is 0.500. The molecular formula is C10H13NO3. The molecule has 2 rings (SSSR count). The number of carboxylic acids is 1. The van der Waals surface area contributed by atoms with Crippen molar-refractivity contribution in [3.8, 4) is 0 Å². The van der Waals surface area contributed by atoms with Crippen molar-refractivity contribution in [3.63, 3.8) is 0 Å². The highest BCUT2D eigenvalue weighted by atomic mass is 16.4. The SMILES string of the molecule is O=C(O)[C@@H]1C[C@H](Cc2ccoc2)CN1. The van der Waals surface area contributed by atoms with E-state index >= 15 is 0 Å². The normalized spacial score (nSPS) is 26.6. The molecule has 2 atom stereocenters. The lowest BCUT2D eigenvalue weighted by Crippen LogP contribution is -2.29. The molecule has 0 saturated carbocycles. The van der Waals surface area contributed by atoms with Crippen LogP contribution in [0.1, 0.15) is 12.0 Å². The molecule has 1 aromatic rings. The summed E-state index contributed by atoms with van der Waals surface area (Å²) in [7, 11) is 0. The van der Waals surface area contributed by atoms with E-state index in [9.17, 15) is 4.79 Å². The number of hydrogen-bond acceptors (Lipinski definition) is 3. The highest BCUT2D eigenvalue weighted by Crippen LogP contribution is 2.19. The van der Waals surface area contributed by atoms with Crippen LogP contribution in [0, 0.1) is 5.92 Å². The van der Waals surface area contributed by atoms with Crippen LogP contribution in [0.3, 0.4) is 0 Å². The lowest BCUT2D eigenvalue weighted by atomic mass is 9.98. The Labute approximate surface area is 81.9 Å². The summed E-state index contributed by atoms with van der Waals surface area (Å²) in [4.78, 5) is 10.7. The van der Waals surface area contributed by atoms with Gasteiger partial charge in [0.1, 0.15) is 6.04 Å². The Kier molecular flexibility index (Phi) is 2.54. The Morgan fingerprint density at radius 3 is 3.14 bits per heavy atom. The van der Waals surface area contributed by atoms with Crippen LogP contribution in [0.5, 0.6) is 0 Å². The van der Waals surface area contributed by atoms with Gasteiger partial charge in [0, 0.05) is 0 Å². The molecule has 0 aliphatic carbocycles. The van der Waals surface area contributed by atoms with Crippen LogP contribution in [0.15, 0.2) is 23.0 Å². The lowest BCUT2D eigenvalue weighted by Gasteiger charge is -2.05. The molecular weight excluding hydrogens is 182 g/mol. The molecule has 1 aliphatic rings. The first-order valence-corrected chi connectivity index (χ1v) is 4.73. The molecule has 0 bridgehead atoms. The first-order valence-electron chi connectivity index (χ1n) is 4.73. The Balaban J connectivity index is 1.87. The van der Waals surface area contributed by atoms with Crippen LogP contribution < -0.4 is 5.32 Å². The van der Waals surface area contributed by atoms with Crippen LogP contribution in [-0.2, 0) is 11.2 Å². The van der Waals surface area contributed by atoms with Gasteiger partial charge in [-0.3, -0.25) is 4.79 Å². The van der Waals surface area contributed by atoms with E-state index in [1.54, 1.807) is 12.5 Å². The zero-order chi connectivity index (χ0) is 9.97. The summed E-state index contributed by atoms with van der Waals surface area (Å²) in [5.74, 6) is -0.339. The molecule has 0 spiro atoms. The van der Waals surface area contributed by atoms with Crippen LogP contribution in [0.4, 0.5) is 0 Å². The van der Waals surface area contributed by atoms with Crippen LogP contribution in [0.25, 0.3) is 0 Å². The molecule has 2 N–H and O–H groups in total. The van der Waals surface area contributed by atoms with Gasteiger partial charge in [-0.25, -0.2) is 0 Å². The fourth-order valence-electron chi connectivity index (χ4n) is 1.89. The van der Waals surface area contributed by atoms with Gasteiger partial charge in [0.2, 0.25) is 0 Å². The number of carbonyl (C=O) groups is 1. The Morgan fingerprint density at radius 2 is 2.57 bits per heavy atom. The van der Waals surface area contributed by atoms with E-state index in [2.05, 4.69) is 5.32 Å². The molecule has 4 nitrogen and oxygen atoms in total. The van der Waals surface area contributed by atoms with Gasteiger partial charge < -0.3 is 14.8 Å². The van der Waals surface area contributed by atoms with E-state index in [-0.39, 0.29) is 6.04 Å². The number of furan rings is 1. The van der Waals surface area contributed by atoms with E-state index in [0.29, 0.717) is 12.3 Å². The first kappa shape index (κ1) is 9.27. The zero-order valence-corrected chi connectivity index (χ0v) is 7.77. The van der Waals surface area contributed by atoms with Gasteiger partial charge in [-0.05, 0) is 36.9 Å². The van der Waals surface area contributed by atoms with E-state index in [0.717, 1.165) is 18.5 Å².